The normalized spacial score (nSPS) is 45.7. The van der Waals surface area contributed by atoms with Crippen molar-refractivity contribution in [2.45, 2.75) is 18.4 Å². The Balaban J connectivity index is 2.18. The van der Waals surface area contributed by atoms with E-state index in [1.54, 1.807) is 11.8 Å². The maximum atomic E-state index is 10.4. The lowest BCUT2D eigenvalue weighted by atomic mass is 9.71. The molecule has 0 aromatic heterocycles. The standard InChI is InChI=1S/C9H16O3S/c10-5-8(1-3-12-6-8)9(11)2-4-13-7-9/h10-11H,1-7H2. The molecule has 0 aromatic carbocycles. The highest BCUT2D eigenvalue weighted by Gasteiger charge is 2.53. The molecule has 76 valence electrons. The number of thioether (sulfide) groups is 1. The Morgan fingerprint density at radius 3 is 2.69 bits per heavy atom. The number of rotatable bonds is 2. The van der Waals surface area contributed by atoms with Crippen LogP contribution in [0.5, 0.6) is 0 Å². The van der Waals surface area contributed by atoms with E-state index < -0.39 is 5.60 Å². The van der Waals surface area contributed by atoms with Crippen molar-refractivity contribution in [2.24, 2.45) is 5.41 Å². The third kappa shape index (κ3) is 1.40. The molecule has 2 heterocycles. The van der Waals surface area contributed by atoms with Gasteiger partial charge in [-0.1, -0.05) is 0 Å². The molecule has 2 atom stereocenters. The summed E-state index contributed by atoms with van der Waals surface area (Å²) in [5.74, 6) is 1.75. The lowest BCUT2D eigenvalue weighted by Crippen LogP contribution is -2.51. The van der Waals surface area contributed by atoms with Crippen molar-refractivity contribution in [1.82, 2.24) is 0 Å². The van der Waals surface area contributed by atoms with Crippen LogP contribution < -0.4 is 0 Å². The fourth-order valence-corrected chi connectivity index (χ4v) is 3.63. The summed E-state index contributed by atoms with van der Waals surface area (Å²) in [7, 11) is 0. The van der Waals surface area contributed by atoms with E-state index in [1.807, 2.05) is 0 Å². The molecule has 2 saturated heterocycles. The molecule has 0 bridgehead atoms. The number of hydrogen-bond acceptors (Lipinski definition) is 4. The van der Waals surface area contributed by atoms with E-state index in [-0.39, 0.29) is 12.0 Å². The molecule has 2 fully saturated rings. The molecule has 4 heteroatoms. The van der Waals surface area contributed by atoms with Crippen molar-refractivity contribution in [3.8, 4) is 0 Å². The minimum atomic E-state index is -0.692. The van der Waals surface area contributed by atoms with Gasteiger partial charge < -0.3 is 14.9 Å². The molecule has 13 heavy (non-hydrogen) atoms. The van der Waals surface area contributed by atoms with Gasteiger partial charge in [0, 0.05) is 17.8 Å². The molecule has 0 aromatic rings. The first-order chi connectivity index (χ1) is 6.22. The summed E-state index contributed by atoms with van der Waals surface area (Å²) in [6, 6.07) is 0. The van der Waals surface area contributed by atoms with Gasteiger partial charge in [0.25, 0.3) is 0 Å². The Kier molecular flexibility index (Phi) is 2.57. The van der Waals surface area contributed by atoms with Crippen LogP contribution in [0.4, 0.5) is 0 Å². The predicted octanol–water partition coefficient (Wildman–Crippen LogP) is 0.253. The number of aliphatic hydroxyl groups excluding tert-OH is 1. The number of ether oxygens (including phenoxy) is 1. The second-order valence-corrected chi connectivity index (χ2v) is 5.18. The summed E-state index contributed by atoms with van der Waals surface area (Å²) in [5, 5.41) is 19.8. The Hall–Kier alpha value is 0.230. The highest BCUT2D eigenvalue weighted by atomic mass is 32.2. The highest BCUT2D eigenvalue weighted by molar-refractivity contribution is 7.99. The molecule has 2 aliphatic heterocycles. The SMILES string of the molecule is OCC1(C2(O)CCSC2)CCOC1. The molecular formula is C9H16O3S. The third-order valence-electron chi connectivity index (χ3n) is 3.39. The molecule has 0 saturated carbocycles. The second kappa shape index (κ2) is 3.42. The third-order valence-corrected chi connectivity index (χ3v) is 4.57. The molecule has 2 unspecified atom stereocenters. The van der Waals surface area contributed by atoms with Gasteiger partial charge in [-0.05, 0) is 18.6 Å². The van der Waals surface area contributed by atoms with Crippen molar-refractivity contribution < 1.29 is 14.9 Å². The van der Waals surface area contributed by atoms with E-state index in [0.717, 1.165) is 24.3 Å². The van der Waals surface area contributed by atoms with Gasteiger partial charge >= 0.3 is 0 Å². The van der Waals surface area contributed by atoms with Crippen LogP contribution in [0.25, 0.3) is 0 Å². The summed E-state index contributed by atoms with van der Waals surface area (Å²) >= 11 is 1.77. The van der Waals surface area contributed by atoms with Crippen LogP contribution in [0.2, 0.25) is 0 Å². The van der Waals surface area contributed by atoms with E-state index in [4.69, 9.17) is 4.74 Å². The average Bonchev–Trinajstić information content (AvgIpc) is 2.73. The monoisotopic (exact) mass is 204 g/mol. The Morgan fingerprint density at radius 2 is 2.23 bits per heavy atom. The van der Waals surface area contributed by atoms with Crippen LogP contribution in [-0.4, -0.2) is 47.1 Å². The van der Waals surface area contributed by atoms with Crippen molar-refractivity contribution in [3.63, 3.8) is 0 Å². The zero-order valence-corrected chi connectivity index (χ0v) is 8.48. The van der Waals surface area contributed by atoms with Gasteiger partial charge in [-0.2, -0.15) is 11.8 Å². The average molecular weight is 204 g/mol. The summed E-state index contributed by atoms with van der Waals surface area (Å²) in [6.07, 6.45) is 1.59. The molecule has 2 aliphatic rings. The van der Waals surface area contributed by atoms with Crippen molar-refractivity contribution in [1.29, 1.82) is 0 Å². The first kappa shape index (κ1) is 9.77. The molecular weight excluding hydrogens is 188 g/mol. The second-order valence-electron chi connectivity index (χ2n) is 4.08. The molecule has 0 amide bonds. The number of hydrogen-bond donors (Lipinski definition) is 2. The van der Waals surface area contributed by atoms with Crippen LogP contribution >= 0.6 is 11.8 Å². The topological polar surface area (TPSA) is 49.7 Å². The Bertz CT molecular complexity index is 183. The highest BCUT2D eigenvalue weighted by Crippen LogP contribution is 2.46. The summed E-state index contributed by atoms with van der Waals surface area (Å²) in [4.78, 5) is 0. The van der Waals surface area contributed by atoms with E-state index in [0.29, 0.717) is 13.2 Å². The fourth-order valence-electron chi connectivity index (χ4n) is 2.22. The van der Waals surface area contributed by atoms with Crippen molar-refractivity contribution in [2.75, 3.05) is 31.3 Å². The van der Waals surface area contributed by atoms with Gasteiger partial charge in [0.2, 0.25) is 0 Å². The smallest absolute Gasteiger partial charge is 0.0846 e. The summed E-state index contributed by atoms with van der Waals surface area (Å²) in [6.45, 7) is 1.23. The minimum absolute atomic E-state index is 0.0457. The maximum Gasteiger partial charge on any atom is 0.0846 e. The van der Waals surface area contributed by atoms with Gasteiger partial charge in [-0.3, -0.25) is 0 Å². The molecule has 0 radical (unpaired) electrons. The van der Waals surface area contributed by atoms with Gasteiger partial charge in [0.1, 0.15) is 0 Å². The van der Waals surface area contributed by atoms with Crippen molar-refractivity contribution >= 4 is 11.8 Å². The van der Waals surface area contributed by atoms with Crippen LogP contribution in [0.3, 0.4) is 0 Å². The zero-order valence-electron chi connectivity index (χ0n) is 7.66. The molecule has 2 rings (SSSR count). The Morgan fingerprint density at radius 1 is 1.38 bits per heavy atom. The lowest BCUT2D eigenvalue weighted by molar-refractivity contribution is -0.0926. The fraction of sp³-hybridized carbons (Fsp3) is 1.00. The van der Waals surface area contributed by atoms with Gasteiger partial charge in [-0.15, -0.1) is 0 Å². The molecule has 3 nitrogen and oxygen atoms in total. The largest absolute Gasteiger partial charge is 0.396 e. The van der Waals surface area contributed by atoms with Crippen molar-refractivity contribution in [3.05, 3.63) is 0 Å². The summed E-state index contributed by atoms with van der Waals surface area (Å²) in [5.41, 5.74) is -1.07. The molecule has 0 aliphatic carbocycles. The zero-order chi connectivity index (χ0) is 9.36. The van der Waals surface area contributed by atoms with Crippen LogP contribution in [-0.2, 0) is 4.74 Å². The number of aliphatic hydroxyl groups is 2. The molecule has 0 spiro atoms. The lowest BCUT2D eigenvalue weighted by Gasteiger charge is -2.39. The first-order valence-electron chi connectivity index (χ1n) is 4.71. The minimum Gasteiger partial charge on any atom is -0.396 e. The quantitative estimate of drug-likeness (QED) is 0.677. The van der Waals surface area contributed by atoms with Crippen LogP contribution in [0.1, 0.15) is 12.8 Å². The predicted molar refractivity (Wildman–Crippen MR) is 51.8 cm³/mol. The van der Waals surface area contributed by atoms with Gasteiger partial charge in [0.05, 0.1) is 18.8 Å². The van der Waals surface area contributed by atoms with Crippen LogP contribution in [0, 0.1) is 5.41 Å². The summed E-state index contributed by atoms with van der Waals surface area (Å²) < 4.78 is 5.30. The van der Waals surface area contributed by atoms with E-state index in [9.17, 15) is 10.2 Å². The molecule has 2 N–H and O–H groups in total. The van der Waals surface area contributed by atoms with E-state index >= 15 is 0 Å². The van der Waals surface area contributed by atoms with E-state index in [1.165, 1.54) is 0 Å². The Labute approximate surface area is 82.5 Å². The maximum absolute atomic E-state index is 10.4. The first-order valence-corrected chi connectivity index (χ1v) is 5.87. The van der Waals surface area contributed by atoms with Gasteiger partial charge in [0.15, 0.2) is 0 Å². The van der Waals surface area contributed by atoms with Crippen LogP contribution in [0.15, 0.2) is 0 Å². The van der Waals surface area contributed by atoms with E-state index in [2.05, 4.69) is 0 Å². The van der Waals surface area contributed by atoms with Gasteiger partial charge in [-0.25, -0.2) is 0 Å².